The molecule has 0 bridgehead atoms. The largest absolute Gasteiger partial charge is 0.508 e. The molecule has 0 saturated heterocycles. The first-order valence-corrected chi connectivity index (χ1v) is 10.5. The van der Waals surface area contributed by atoms with E-state index in [0.717, 1.165) is 28.1 Å². The summed E-state index contributed by atoms with van der Waals surface area (Å²) in [5.41, 5.74) is 4.66. The normalized spacial score (nSPS) is 19.8. The number of hydrogen-bond acceptors (Lipinski definition) is 7. The van der Waals surface area contributed by atoms with E-state index in [1.807, 2.05) is 37.3 Å². The van der Waals surface area contributed by atoms with Gasteiger partial charge in [0.1, 0.15) is 17.2 Å². The summed E-state index contributed by atoms with van der Waals surface area (Å²) in [7, 11) is 3.21. The van der Waals surface area contributed by atoms with E-state index in [9.17, 15) is 9.90 Å². The van der Waals surface area contributed by atoms with E-state index in [-0.39, 0.29) is 23.4 Å². The van der Waals surface area contributed by atoms with Crippen molar-refractivity contribution < 1.29 is 23.9 Å². The maximum Gasteiger partial charge on any atom is 0.233 e. The van der Waals surface area contributed by atoms with Gasteiger partial charge in [-0.05, 0) is 31.0 Å². The highest BCUT2D eigenvalue weighted by atomic mass is 16.5. The van der Waals surface area contributed by atoms with Crippen LogP contribution in [0.4, 0.5) is 5.88 Å². The van der Waals surface area contributed by atoms with Crippen LogP contribution in [0.25, 0.3) is 0 Å². The van der Waals surface area contributed by atoms with Crippen molar-refractivity contribution in [2.75, 3.05) is 19.5 Å². The molecule has 2 aliphatic rings. The quantitative estimate of drug-likeness (QED) is 0.619. The Morgan fingerprint density at radius 3 is 2.66 bits per heavy atom. The molecule has 2 aromatic carbocycles. The lowest BCUT2D eigenvalue weighted by Crippen LogP contribution is -2.29. The summed E-state index contributed by atoms with van der Waals surface area (Å²) in [6.07, 6.45) is 0.888. The van der Waals surface area contributed by atoms with Gasteiger partial charge < -0.3 is 24.4 Å². The number of carbonyl (C=O) groups excluding carboxylic acids is 1. The predicted octanol–water partition coefficient (Wildman–Crippen LogP) is 4.66. The molecule has 0 fully saturated rings. The molecule has 0 amide bonds. The minimum Gasteiger partial charge on any atom is -0.508 e. The van der Waals surface area contributed by atoms with Gasteiger partial charge in [-0.1, -0.05) is 29.4 Å². The summed E-state index contributed by atoms with van der Waals surface area (Å²) in [5, 5.41) is 17.8. The van der Waals surface area contributed by atoms with Crippen molar-refractivity contribution in [3.63, 3.8) is 0 Å². The number of nitrogens with zero attached hydrogens (tertiary/aromatic N) is 1. The molecule has 1 aliphatic carbocycles. The third-order valence-electron chi connectivity index (χ3n) is 6.39. The number of anilines is 1. The number of aromatic hydroxyl groups is 1. The first kappa shape index (κ1) is 20.2. The second kappa shape index (κ2) is 7.75. The number of rotatable bonds is 4. The van der Waals surface area contributed by atoms with Gasteiger partial charge in [0.15, 0.2) is 5.78 Å². The predicted molar refractivity (Wildman–Crippen MR) is 118 cm³/mol. The molecule has 164 valence electrons. The number of fused-ring (bicyclic) bond motifs is 1. The number of nitrogens with one attached hydrogen (secondary N) is 1. The van der Waals surface area contributed by atoms with E-state index in [2.05, 4.69) is 10.5 Å². The topological polar surface area (TPSA) is 93.8 Å². The Morgan fingerprint density at radius 2 is 1.91 bits per heavy atom. The number of aromatic nitrogens is 1. The van der Waals surface area contributed by atoms with Crippen LogP contribution < -0.4 is 14.8 Å². The maximum atomic E-state index is 13.6. The molecule has 32 heavy (non-hydrogen) atoms. The number of hydrogen-bond donors (Lipinski definition) is 2. The smallest absolute Gasteiger partial charge is 0.233 e. The third kappa shape index (κ3) is 3.12. The van der Waals surface area contributed by atoms with Crippen LogP contribution in [0, 0.1) is 6.92 Å². The van der Waals surface area contributed by atoms with Crippen LogP contribution in [0.2, 0.25) is 0 Å². The molecule has 1 aliphatic heterocycles. The third-order valence-corrected chi connectivity index (χ3v) is 6.39. The van der Waals surface area contributed by atoms with Gasteiger partial charge in [-0.3, -0.25) is 4.79 Å². The monoisotopic (exact) mass is 432 g/mol. The van der Waals surface area contributed by atoms with E-state index < -0.39 is 0 Å². The zero-order chi connectivity index (χ0) is 22.4. The second-order valence-electron chi connectivity index (χ2n) is 8.16. The Labute approximate surface area is 185 Å². The van der Waals surface area contributed by atoms with Gasteiger partial charge in [0, 0.05) is 35.2 Å². The molecule has 7 heteroatoms. The van der Waals surface area contributed by atoms with Gasteiger partial charge in [-0.2, -0.15) is 0 Å². The Bertz CT molecular complexity index is 1240. The minimum absolute atomic E-state index is 0.0288. The first-order chi connectivity index (χ1) is 15.5. The Hall–Kier alpha value is -3.74. The number of methoxy groups -OCH3 is 2. The molecular formula is C25H24N2O5. The summed E-state index contributed by atoms with van der Waals surface area (Å²) in [4.78, 5) is 13.6. The van der Waals surface area contributed by atoms with Crippen LogP contribution in [0.15, 0.2) is 58.3 Å². The summed E-state index contributed by atoms with van der Waals surface area (Å²) in [5.74, 6) is 1.58. The highest BCUT2D eigenvalue weighted by Crippen LogP contribution is 2.51. The van der Waals surface area contributed by atoms with Crippen molar-refractivity contribution >= 4 is 11.7 Å². The fourth-order valence-electron chi connectivity index (χ4n) is 4.89. The highest BCUT2D eigenvalue weighted by molar-refractivity contribution is 6.01. The van der Waals surface area contributed by atoms with Crippen LogP contribution in [0.3, 0.4) is 0 Å². The number of phenolic OH excluding ortho intramolecular Hbond substituents is 1. The molecule has 2 atom stereocenters. The van der Waals surface area contributed by atoms with Gasteiger partial charge in [0.05, 0.1) is 31.4 Å². The molecule has 3 aromatic rings. The van der Waals surface area contributed by atoms with Gasteiger partial charge in [0.2, 0.25) is 5.88 Å². The molecule has 7 nitrogen and oxygen atoms in total. The van der Waals surface area contributed by atoms with Crippen molar-refractivity contribution in [1.82, 2.24) is 5.16 Å². The van der Waals surface area contributed by atoms with Crippen LogP contribution in [0.1, 0.15) is 47.1 Å². The van der Waals surface area contributed by atoms with Gasteiger partial charge in [-0.25, -0.2) is 0 Å². The number of phenols is 1. The SMILES string of the molecule is COc1ccc([C@@H]2C3=C(C[C@@H](c4ccccc4O)CC3=O)Nc3onc(C)c32)c(OC)c1. The minimum atomic E-state index is -0.369. The van der Waals surface area contributed by atoms with Crippen molar-refractivity contribution in [3.05, 3.63) is 76.1 Å². The first-order valence-electron chi connectivity index (χ1n) is 10.5. The second-order valence-corrected chi connectivity index (χ2v) is 8.16. The van der Waals surface area contributed by atoms with Gasteiger partial charge in [0.25, 0.3) is 0 Å². The van der Waals surface area contributed by atoms with E-state index in [1.165, 1.54) is 0 Å². The fourth-order valence-corrected chi connectivity index (χ4v) is 4.89. The lowest BCUT2D eigenvalue weighted by atomic mass is 9.72. The molecule has 0 radical (unpaired) electrons. The summed E-state index contributed by atoms with van der Waals surface area (Å²) >= 11 is 0. The lowest BCUT2D eigenvalue weighted by Gasteiger charge is -2.35. The summed E-state index contributed by atoms with van der Waals surface area (Å²) in [6.45, 7) is 1.87. The molecule has 1 aromatic heterocycles. The maximum absolute atomic E-state index is 13.6. The number of Topliss-reactive ketones (excluding diaryl/α,β-unsaturated/α-hetero) is 1. The number of aryl methyl sites for hydroxylation is 1. The van der Waals surface area contributed by atoms with Crippen molar-refractivity contribution in [1.29, 1.82) is 0 Å². The average molecular weight is 432 g/mol. The van der Waals surface area contributed by atoms with E-state index in [0.29, 0.717) is 35.8 Å². The standard InChI is InChI=1S/C25H24N2O5/c1-13-22-23(17-9-8-15(30-2)12-21(17)31-3)24-18(26-25(22)32-27-13)10-14(11-20(24)29)16-6-4-5-7-19(16)28/h4-9,12,14,23,26,28H,10-11H2,1-3H3/t14-,23+/m1/s1. The van der Waals surface area contributed by atoms with Crippen molar-refractivity contribution in [3.8, 4) is 17.2 Å². The van der Waals surface area contributed by atoms with E-state index in [4.69, 9.17) is 14.0 Å². The molecule has 0 spiro atoms. The van der Waals surface area contributed by atoms with Crippen LogP contribution >= 0.6 is 0 Å². The molecular weight excluding hydrogens is 408 g/mol. The van der Waals surface area contributed by atoms with E-state index >= 15 is 0 Å². The Kier molecular flexibility index (Phi) is 4.89. The van der Waals surface area contributed by atoms with Gasteiger partial charge >= 0.3 is 0 Å². The zero-order valence-corrected chi connectivity index (χ0v) is 18.1. The number of ether oxygens (including phenoxy) is 2. The molecule has 2 heterocycles. The number of ketones is 1. The van der Waals surface area contributed by atoms with Crippen LogP contribution in [-0.2, 0) is 4.79 Å². The fraction of sp³-hybridized carbons (Fsp3) is 0.280. The number of allylic oxidation sites excluding steroid dienone is 2. The van der Waals surface area contributed by atoms with Crippen molar-refractivity contribution in [2.24, 2.45) is 0 Å². The van der Waals surface area contributed by atoms with Crippen LogP contribution in [0.5, 0.6) is 17.2 Å². The van der Waals surface area contributed by atoms with E-state index in [1.54, 1.807) is 26.4 Å². The molecule has 2 N–H and O–H groups in total. The average Bonchev–Trinajstić information content (AvgIpc) is 3.17. The molecule has 0 unspecified atom stereocenters. The van der Waals surface area contributed by atoms with Gasteiger partial charge in [-0.15, -0.1) is 0 Å². The summed E-state index contributed by atoms with van der Waals surface area (Å²) in [6, 6.07) is 12.8. The van der Waals surface area contributed by atoms with Crippen molar-refractivity contribution in [2.45, 2.75) is 31.6 Å². The lowest BCUT2D eigenvalue weighted by molar-refractivity contribution is -0.116. The zero-order valence-electron chi connectivity index (χ0n) is 18.1. The Balaban J connectivity index is 1.66. The number of benzene rings is 2. The summed E-state index contributed by atoms with van der Waals surface area (Å²) < 4.78 is 16.6. The molecule has 5 rings (SSSR count). The molecule has 0 saturated carbocycles. The Morgan fingerprint density at radius 1 is 1.09 bits per heavy atom. The number of para-hydroxylation sites is 1. The number of carbonyl (C=O) groups is 1. The van der Waals surface area contributed by atoms with Crippen LogP contribution in [-0.4, -0.2) is 30.3 Å². The highest BCUT2D eigenvalue weighted by Gasteiger charge is 2.42.